The molecule has 4 aromatic rings. The second kappa shape index (κ2) is 13.7. The topological polar surface area (TPSA) is 127 Å². The van der Waals surface area contributed by atoms with Crippen molar-refractivity contribution in [2.75, 3.05) is 44.7 Å². The summed E-state index contributed by atoms with van der Waals surface area (Å²) in [4.78, 5) is 13.1. The van der Waals surface area contributed by atoms with Gasteiger partial charge in [0.1, 0.15) is 35.1 Å². The zero-order valence-electron chi connectivity index (χ0n) is 23.9. The monoisotopic (exact) mass is 640 g/mol. The number of halogens is 2. The minimum absolute atomic E-state index is 0.0292. The molecule has 2 aliphatic rings. The average molecular weight is 641 g/mol. The zero-order valence-corrected chi connectivity index (χ0v) is 25.5. The number of aliphatic hydroxyl groups excluding tert-OH is 3. The largest absolute Gasteiger partial charge is 0.487 e. The molecule has 44 heavy (non-hydrogen) atoms. The number of ether oxygens (including phenoxy) is 1. The molecule has 3 heterocycles. The van der Waals surface area contributed by atoms with Gasteiger partial charge in [0.05, 0.1) is 48.2 Å². The smallest absolute Gasteiger partial charge is 0.142 e. The Hall–Kier alpha value is -3.39. The van der Waals surface area contributed by atoms with Crippen LogP contribution in [-0.2, 0) is 13.0 Å². The minimum Gasteiger partial charge on any atom is -0.487 e. The van der Waals surface area contributed by atoms with E-state index in [-0.39, 0.29) is 37.6 Å². The van der Waals surface area contributed by atoms with Crippen molar-refractivity contribution in [2.24, 2.45) is 5.10 Å². The molecule has 10 nitrogen and oxygen atoms in total. The number of rotatable bonds is 13. The highest BCUT2D eigenvalue weighted by Crippen LogP contribution is 2.46. The van der Waals surface area contributed by atoms with Crippen LogP contribution in [0.5, 0.6) is 5.75 Å². The molecule has 2 unspecified atom stereocenters. The van der Waals surface area contributed by atoms with E-state index in [4.69, 9.17) is 16.3 Å². The number of aryl methyl sites for hydroxylation is 1. The van der Waals surface area contributed by atoms with Crippen LogP contribution in [0.15, 0.2) is 53.9 Å². The van der Waals surface area contributed by atoms with Crippen LogP contribution >= 0.6 is 22.9 Å². The van der Waals surface area contributed by atoms with Gasteiger partial charge in [-0.05, 0) is 54.3 Å². The van der Waals surface area contributed by atoms with Gasteiger partial charge in [0.15, 0.2) is 0 Å². The molecule has 0 saturated heterocycles. The number of aromatic nitrogens is 2. The van der Waals surface area contributed by atoms with E-state index in [1.165, 1.54) is 22.6 Å². The second-order valence-electron chi connectivity index (χ2n) is 11.0. The lowest BCUT2D eigenvalue weighted by Crippen LogP contribution is -2.44. The Kier molecular flexibility index (Phi) is 9.55. The van der Waals surface area contributed by atoms with Crippen LogP contribution in [-0.4, -0.2) is 92.9 Å². The van der Waals surface area contributed by atoms with Crippen LogP contribution in [0.2, 0.25) is 5.02 Å². The number of benzene rings is 2. The third-order valence-electron chi connectivity index (χ3n) is 7.96. The number of hydrogen-bond acceptors (Lipinski definition) is 11. The fourth-order valence-electron chi connectivity index (χ4n) is 5.96. The molecular weight excluding hydrogens is 607 g/mol. The quantitative estimate of drug-likeness (QED) is 0.170. The van der Waals surface area contributed by atoms with Crippen LogP contribution < -0.4 is 10.1 Å². The molecule has 3 atom stereocenters. The van der Waals surface area contributed by atoms with Gasteiger partial charge in [0, 0.05) is 36.4 Å². The first-order valence-electron chi connectivity index (χ1n) is 14.6. The Morgan fingerprint density at radius 3 is 2.77 bits per heavy atom. The van der Waals surface area contributed by atoms with Crippen LogP contribution in [0.1, 0.15) is 28.3 Å². The van der Waals surface area contributed by atoms with Crippen LogP contribution in [0.4, 0.5) is 15.9 Å². The predicted molar refractivity (Wildman–Crippen MR) is 170 cm³/mol. The second-order valence-corrected chi connectivity index (χ2v) is 12.4. The van der Waals surface area contributed by atoms with Crippen molar-refractivity contribution < 1.29 is 24.4 Å². The molecule has 0 amide bonds. The SMILES string of the molecule is OCCN(CCO)C[C@@H](O)CN1N=CC2c3sc4ncnc(Nc5ccc(OCc6cccc(F)c6)c(Cl)c5)c4c3CCC21. The summed E-state index contributed by atoms with van der Waals surface area (Å²) in [7, 11) is 0. The van der Waals surface area contributed by atoms with Gasteiger partial charge in [-0.1, -0.05) is 23.7 Å². The zero-order chi connectivity index (χ0) is 30.6. The molecule has 2 aromatic heterocycles. The van der Waals surface area contributed by atoms with Crippen molar-refractivity contribution >= 4 is 50.9 Å². The third kappa shape index (κ3) is 6.65. The number of nitrogens with zero attached hydrogens (tertiary/aromatic N) is 5. The van der Waals surface area contributed by atoms with Gasteiger partial charge in [-0.3, -0.25) is 9.91 Å². The van der Waals surface area contributed by atoms with E-state index < -0.39 is 6.10 Å². The predicted octanol–water partition coefficient (Wildman–Crippen LogP) is 4.15. The summed E-state index contributed by atoms with van der Waals surface area (Å²) in [6, 6.07) is 11.8. The van der Waals surface area contributed by atoms with E-state index in [0.717, 1.165) is 28.7 Å². The maximum Gasteiger partial charge on any atom is 0.142 e. The summed E-state index contributed by atoms with van der Waals surface area (Å²) < 4.78 is 19.3. The van der Waals surface area contributed by atoms with Gasteiger partial charge in [0.2, 0.25) is 0 Å². The summed E-state index contributed by atoms with van der Waals surface area (Å²) in [5.74, 6) is 0.975. The number of thiophene rings is 1. The Labute approximate surface area is 263 Å². The summed E-state index contributed by atoms with van der Waals surface area (Å²) in [5.41, 5.74) is 2.67. The Morgan fingerprint density at radius 2 is 2.00 bits per heavy atom. The molecule has 2 aromatic carbocycles. The first-order valence-corrected chi connectivity index (χ1v) is 15.8. The first kappa shape index (κ1) is 30.6. The molecule has 0 fully saturated rings. The number of hydrogen-bond donors (Lipinski definition) is 4. The van der Waals surface area contributed by atoms with Crippen molar-refractivity contribution in [1.82, 2.24) is 19.9 Å². The van der Waals surface area contributed by atoms with Gasteiger partial charge in [-0.2, -0.15) is 5.10 Å². The number of nitrogens with one attached hydrogen (secondary N) is 1. The van der Waals surface area contributed by atoms with E-state index >= 15 is 0 Å². The van der Waals surface area contributed by atoms with Gasteiger partial charge < -0.3 is 25.4 Å². The van der Waals surface area contributed by atoms with Crippen LogP contribution in [0, 0.1) is 5.82 Å². The van der Waals surface area contributed by atoms with E-state index in [0.29, 0.717) is 48.3 Å². The number of aliphatic hydroxyl groups is 3. The number of fused-ring (bicyclic) bond motifs is 5. The lowest BCUT2D eigenvalue weighted by atomic mass is 9.85. The molecule has 0 radical (unpaired) electrons. The molecule has 4 N–H and O–H groups in total. The van der Waals surface area contributed by atoms with E-state index in [1.807, 2.05) is 22.2 Å². The Balaban J connectivity index is 1.15. The van der Waals surface area contributed by atoms with Crippen molar-refractivity contribution in [1.29, 1.82) is 0 Å². The highest BCUT2D eigenvalue weighted by Gasteiger charge is 2.39. The fraction of sp³-hybridized carbons (Fsp3) is 0.387. The Morgan fingerprint density at radius 1 is 1.16 bits per heavy atom. The average Bonchev–Trinajstić information content (AvgIpc) is 3.59. The van der Waals surface area contributed by atoms with Crippen molar-refractivity contribution in [3.63, 3.8) is 0 Å². The minimum atomic E-state index is -0.667. The van der Waals surface area contributed by atoms with Crippen molar-refractivity contribution in [3.8, 4) is 5.75 Å². The summed E-state index contributed by atoms with van der Waals surface area (Å²) in [6.07, 6.45) is 4.54. The number of hydrazone groups is 1. The number of β-amino-alcohol motifs (C(OH)–C–C–N with tert-alkyl or cyclic N) is 1. The summed E-state index contributed by atoms with van der Waals surface area (Å²) >= 11 is 8.19. The van der Waals surface area contributed by atoms with Crippen LogP contribution in [0.25, 0.3) is 10.2 Å². The fourth-order valence-corrected chi connectivity index (χ4v) is 7.51. The normalized spacial score (nSPS) is 18.1. The van der Waals surface area contributed by atoms with Gasteiger partial charge in [-0.15, -0.1) is 11.3 Å². The van der Waals surface area contributed by atoms with E-state index in [9.17, 15) is 19.7 Å². The lowest BCUT2D eigenvalue weighted by Gasteiger charge is -2.33. The molecule has 0 spiro atoms. The van der Waals surface area contributed by atoms with Gasteiger partial charge in [-0.25, -0.2) is 14.4 Å². The number of anilines is 2. The molecule has 232 valence electrons. The van der Waals surface area contributed by atoms with Gasteiger partial charge in [0.25, 0.3) is 0 Å². The molecule has 0 saturated carbocycles. The van der Waals surface area contributed by atoms with Crippen molar-refractivity contribution in [3.05, 3.63) is 75.6 Å². The maximum atomic E-state index is 13.5. The van der Waals surface area contributed by atoms with Crippen molar-refractivity contribution in [2.45, 2.75) is 37.5 Å². The van der Waals surface area contributed by atoms with Gasteiger partial charge >= 0.3 is 0 Å². The standard InChI is InChI=1S/C31H34ClFN6O4S/c32-25-13-21(4-7-27(25)43-17-19-2-1-3-20(33)12-19)37-30-28-23-5-6-26-24(29(23)44-31(28)35-18-34-30)14-36-39(26)16-22(42)15-38(8-10-40)9-11-41/h1-4,7,12-14,18,22,24,26,40-42H,5-6,8-11,15-17H2,(H,34,35,37)/t22-,24?,26?/m1/s1. The maximum absolute atomic E-state index is 13.5. The third-order valence-corrected chi connectivity index (χ3v) is 9.50. The highest BCUT2D eigenvalue weighted by atomic mass is 35.5. The molecule has 1 aliphatic carbocycles. The summed E-state index contributed by atoms with van der Waals surface area (Å²) in [6.45, 7) is 1.67. The molecule has 6 rings (SSSR count). The molecule has 13 heteroatoms. The highest BCUT2D eigenvalue weighted by molar-refractivity contribution is 7.19. The molecular formula is C31H34ClFN6O4S. The van der Waals surface area contributed by atoms with E-state index in [2.05, 4.69) is 20.4 Å². The molecule has 0 bridgehead atoms. The summed E-state index contributed by atoms with van der Waals surface area (Å²) in [5, 5.41) is 40.8. The van der Waals surface area contributed by atoms with E-state index in [1.54, 1.807) is 41.9 Å². The first-order chi connectivity index (χ1) is 21.4. The molecule has 1 aliphatic heterocycles. The van der Waals surface area contributed by atoms with Crippen LogP contribution in [0.3, 0.4) is 0 Å². The Bertz CT molecular complexity index is 1630. The lowest BCUT2D eigenvalue weighted by molar-refractivity contribution is 0.0494.